The van der Waals surface area contributed by atoms with E-state index in [0.717, 1.165) is 0 Å². The van der Waals surface area contributed by atoms with Crippen LogP contribution < -0.4 is 5.69 Å². The Kier molecular flexibility index (Phi) is 4.12. The number of aromatic nitrogens is 2. The van der Waals surface area contributed by atoms with E-state index in [1.807, 2.05) is 0 Å². The van der Waals surface area contributed by atoms with Gasteiger partial charge in [-0.3, -0.25) is 4.79 Å². The molecule has 1 amide bonds. The van der Waals surface area contributed by atoms with Crippen molar-refractivity contribution >= 4 is 23.6 Å². The van der Waals surface area contributed by atoms with Gasteiger partial charge in [0.15, 0.2) is 0 Å². The van der Waals surface area contributed by atoms with Gasteiger partial charge in [-0.15, -0.1) is 11.8 Å². The average molecular weight is 297 g/mol. The second-order valence-corrected chi connectivity index (χ2v) is 5.34. The van der Waals surface area contributed by atoms with E-state index >= 15 is 0 Å². The van der Waals surface area contributed by atoms with Crippen LogP contribution in [-0.4, -0.2) is 50.7 Å². The highest BCUT2D eigenvalue weighted by molar-refractivity contribution is 7.98. The zero-order valence-electron chi connectivity index (χ0n) is 11.2. The fraction of sp³-hybridized carbons (Fsp3) is 0.500. The number of amides is 1. The van der Waals surface area contributed by atoms with E-state index in [1.165, 1.54) is 16.7 Å². The first-order valence-corrected chi connectivity index (χ1v) is 7.37. The van der Waals surface area contributed by atoms with Crippen molar-refractivity contribution in [2.75, 3.05) is 12.8 Å². The molecule has 1 aliphatic heterocycles. The fourth-order valence-corrected chi connectivity index (χ4v) is 2.99. The maximum Gasteiger partial charge on any atom is 0.346 e. The molecule has 0 saturated carbocycles. The number of nitrogens with one attached hydrogen (secondary N) is 1. The quantitative estimate of drug-likeness (QED) is 0.621. The molecule has 1 aliphatic rings. The van der Waals surface area contributed by atoms with Gasteiger partial charge in [0, 0.05) is 12.2 Å². The summed E-state index contributed by atoms with van der Waals surface area (Å²) in [4.78, 5) is 42.7. The van der Waals surface area contributed by atoms with Gasteiger partial charge < -0.3 is 15.0 Å². The lowest BCUT2D eigenvalue weighted by atomic mass is 10.2. The minimum absolute atomic E-state index is 0.283. The molecule has 0 aromatic carbocycles. The molecule has 8 heteroatoms. The van der Waals surface area contributed by atoms with Crippen molar-refractivity contribution in [1.82, 2.24) is 14.9 Å². The fourth-order valence-electron chi connectivity index (χ4n) is 2.37. The predicted molar refractivity (Wildman–Crippen MR) is 73.1 cm³/mol. The van der Waals surface area contributed by atoms with E-state index in [0.29, 0.717) is 30.1 Å². The summed E-state index contributed by atoms with van der Waals surface area (Å²) in [6.45, 7) is 2.02. The Hall–Kier alpha value is -1.83. The SMILES string of the molecule is CSc1nc(=O)[nH]c(C)c1C(=O)N1CCCC1C(=O)O. The van der Waals surface area contributed by atoms with Crippen LogP contribution in [0.25, 0.3) is 0 Å². The highest BCUT2D eigenvalue weighted by Crippen LogP contribution is 2.25. The summed E-state index contributed by atoms with van der Waals surface area (Å²) in [5.74, 6) is -1.39. The molecule has 2 N–H and O–H groups in total. The molecule has 7 nitrogen and oxygen atoms in total. The average Bonchev–Trinajstić information content (AvgIpc) is 2.86. The lowest BCUT2D eigenvalue weighted by molar-refractivity contribution is -0.141. The van der Waals surface area contributed by atoms with E-state index < -0.39 is 17.7 Å². The molecule has 2 rings (SSSR count). The summed E-state index contributed by atoms with van der Waals surface area (Å²) >= 11 is 1.19. The van der Waals surface area contributed by atoms with Gasteiger partial charge in [-0.2, -0.15) is 4.98 Å². The van der Waals surface area contributed by atoms with Gasteiger partial charge in [-0.25, -0.2) is 9.59 Å². The molecular formula is C12H15N3O4S. The van der Waals surface area contributed by atoms with Gasteiger partial charge in [0.25, 0.3) is 5.91 Å². The molecule has 1 saturated heterocycles. The van der Waals surface area contributed by atoms with Crippen molar-refractivity contribution < 1.29 is 14.7 Å². The minimum Gasteiger partial charge on any atom is -0.480 e. The maximum atomic E-state index is 12.6. The standard InChI is InChI=1S/C12H15N3O4S/c1-6-8(9(20-2)14-12(19)13-6)10(16)15-5-3-4-7(15)11(17)18/h7H,3-5H2,1-2H3,(H,17,18)(H,13,14,19). The second-order valence-electron chi connectivity index (χ2n) is 4.55. The Balaban J connectivity index is 2.43. The first-order chi connectivity index (χ1) is 9.45. The lowest BCUT2D eigenvalue weighted by Gasteiger charge is -2.22. The highest BCUT2D eigenvalue weighted by atomic mass is 32.2. The second kappa shape index (κ2) is 5.66. The number of aliphatic carboxylic acids is 1. The normalized spacial score (nSPS) is 18.3. The third kappa shape index (κ3) is 2.55. The topological polar surface area (TPSA) is 103 Å². The maximum absolute atomic E-state index is 12.6. The number of likely N-dealkylation sites (tertiary alicyclic amines) is 1. The number of nitrogens with zero attached hydrogens (tertiary/aromatic N) is 2. The van der Waals surface area contributed by atoms with Crippen molar-refractivity contribution in [1.29, 1.82) is 0 Å². The summed E-state index contributed by atoms with van der Waals surface area (Å²) in [5.41, 5.74) is 0.181. The number of H-pyrrole nitrogens is 1. The number of carbonyl (C=O) groups excluding carboxylic acids is 1. The van der Waals surface area contributed by atoms with Crippen molar-refractivity contribution in [2.24, 2.45) is 0 Å². The Morgan fingerprint density at radius 3 is 2.80 bits per heavy atom. The van der Waals surface area contributed by atoms with Crippen molar-refractivity contribution in [2.45, 2.75) is 30.8 Å². The van der Waals surface area contributed by atoms with Gasteiger partial charge in [0.2, 0.25) is 0 Å². The summed E-state index contributed by atoms with van der Waals surface area (Å²) in [7, 11) is 0. The van der Waals surface area contributed by atoms with Crippen LogP contribution in [0.2, 0.25) is 0 Å². The molecule has 1 atom stereocenters. The van der Waals surface area contributed by atoms with E-state index in [9.17, 15) is 14.4 Å². The Labute approximate surface area is 119 Å². The molecule has 1 fully saturated rings. The molecule has 1 aromatic rings. The van der Waals surface area contributed by atoms with Crippen LogP contribution in [0, 0.1) is 6.92 Å². The van der Waals surface area contributed by atoms with E-state index in [4.69, 9.17) is 5.11 Å². The zero-order chi connectivity index (χ0) is 14.9. The number of carboxylic acid groups (broad SMARTS) is 1. The van der Waals surface area contributed by atoms with Crippen LogP contribution in [0.4, 0.5) is 0 Å². The van der Waals surface area contributed by atoms with Crippen molar-refractivity contribution in [3.05, 3.63) is 21.7 Å². The number of aryl methyl sites for hydroxylation is 1. The highest BCUT2D eigenvalue weighted by Gasteiger charge is 2.36. The first-order valence-electron chi connectivity index (χ1n) is 6.14. The molecule has 108 valence electrons. The largest absolute Gasteiger partial charge is 0.480 e. The Morgan fingerprint density at radius 1 is 1.50 bits per heavy atom. The Bertz CT molecular complexity index is 613. The van der Waals surface area contributed by atoms with Crippen LogP contribution in [-0.2, 0) is 4.79 Å². The van der Waals surface area contributed by atoms with E-state index in [-0.39, 0.29) is 11.5 Å². The third-order valence-corrected chi connectivity index (χ3v) is 3.97. The number of hydrogen-bond donors (Lipinski definition) is 2. The molecule has 1 unspecified atom stereocenters. The van der Waals surface area contributed by atoms with Crippen LogP contribution in [0.5, 0.6) is 0 Å². The van der Waals surface area contributed by atoms with Gasteiger partial charge in [0.1, 0.15) is 11.1 Å². The minimum atomic E-state index is -1.00. The molecule has 1 aromatic heterocycles. The van der Waals surface area contributed by atoms with Crippen LogP contribution in [0.3, 0.4) is 0 Å². The number of rotatable bonds is 3. The number of thioether (sulfide) groups is 1. The Morgan fingerprint density at radius 2 is 2.20 bits per heavy atom. The summed E-state index contributed by atoms with van der Waals surface area (Å²) in [6.07, 6.45) is 2.83. The molecule has 2 heterocycles. The monoisotopic (exact) mass is 297 g/mol. The number of aromatic amines is 1. The predicted octanol–water partition coefficient (Wildman–Crippen LogP) is 0.489. The first kappa shape index (κ1) is 14.6. The lowest BCUT2D eigenvalue weighted by Crippen LogP contribution is -2.41. The number of carboxylic acids is 1. The van der Waals surface area contributed by atoms with Crippen molar-refractivity contribution in [3.63, 3.8) is 0 Å². The van der Waals surface area contributed by atoms with Crippen LogP contribution in [0.1, 0.15) is 28.9 Å². The summed E-state index contributed by atoms with van der Waals surface area (Å²) in [6, 6.07) is -0.802. The van der Waals surface area contributed by atoms with Gasteiger partial charge >= 0.3 is 11.7 Å². The van der Waals surface area contributed by atoms with E-state index in [2.05, 4.69) is 9.97 Å². The summed E-state index contributed by atoms with van der Waals surface area (Å²) < 4.78 is 0. The van der Waals surface area contributed by atoms with Crippen molar-refractivity contribution in [3.8, 4) is 0 Å². The van der Waals surface area contributed by atoms with Gasteiger partial charge in [-0.1, -0.05) is 0 Å². The molecule has 0 radical (unpaired) electrons. The molecule has 0 spiro atoms. The molecule has 0 bridgehead atoms. The number of carbonyl (C=O) groups is 2. The number of hydrogen-bond acceptors (Lipinski definition) is 5. The molecule has 20 heavy (non-hydrogen) atoms. The molecule has 0 aliphatic carbocycles. The van der Waals surface area contributed by atoms with Crippen LogP contribution >= 0.6 is 11.8 Å². The third-order valence-electron chi connectivity index (χ3n) is 3.29. The summed E-state index contributed by atoms with van der Waals surface area (Å²) in [5, 5.41) is 9.47. The smallest absolute Gasteiger partial charge is 0.346 e. The zero-order valence-corrected chi connectivity index (χ0v) is 12.0. The molecular weight excluding hydrogens is 282 g/mol. The van der Waals surface area contributed by atoms with Crippen LogP contribution in [0.15, 0.2) is 9.82 Å². The van der Waals surface area contributed by atoms with E-state index in [1.54, 1.807) is 13.2 Å². The van der Waals surface area contributed by atoms with Gasteiger partial charge in [-0.05, 0) is 26.0 Å². The van der Waals surface area contributed by atoms with Gasteiger partial charge in [0.05, 0.1) is 5.56 Å².